The Bertz CT molecular complexity index is 172. The van der Waals surface area contributed by atoms with Gasteiger partial charge in [0.1, 0.15) is 0 Å². The van der Waals surface area contributed by atoms with Crippen LogP contribution in [0.3, 0.4) is 0 Å². The fourth-order valence-electron chi connectivity index (χ4n) is 1.70. The standard InChI is InChI=1S/C13H27NO/c1-7-10-14-11(8-2)12(15-9-3)13(4,5)6/h8,11-12,14H,2,7,9-10H2,1,3-6H3. The first kappa shape index (κ1) is 14.7. The zero-order chi connectivity index (χ0) is 11.9. The van der Waals surface area contributed by atoms with E-state index < -0.39 is 0 Å². The highest BCUT2D eigenvalue weighted by Gasteiger charge is 2.30. The minimum Gasteiger partial charge on any atom is -0.376 e. The monoisotopic (exact) mass is 213 g/mol. The van der Waals surface area contributed by atoms with E-state index >= 15 is 0 Å². The highest BCUT2D eigenvalue weighted by Crippen LogP contribution is 2.25. The number of nitrogens with one attached hydrogen (secondary N) is 1. The van der Waals surface area contributed by atoms with E-state index in [2.05, 4.69) is 39.6 Å². The minimum atomic E-state index is 0.135. The maximum Gasteiger partial charge on any atom is 0.0811 e. The molecule has 90 valence electrons. The third-order valence-corrected chi connectivity index (χ3v) is 2.41. The highest BCUT2D eigenvalue weighted by atomic mass is 16.5. The molecular formula is C13H27NO. The van der Waals surface area contributed by atoms with Crippen LogP contribution in [0.15, 0.2) is 12.7 Å². The van der Waals surface area contributed by atoms with Crippen molar-refractivity contribution in [3.63, 3.8) is 0 Å². The van der Waals surface area contributed by atoms with Crippen LogP contribution in [0.1, 0.15) is 41.0 Å². The molecule has 0 spiro atoms. The quantitative estimate of drug-likeness (QED) is 0.656. The molecule has 0 amide bonds. The highest BCUT2D eigenvalue weighted by molar-refractivity contribution is 4.96. The van der Waals surface area contributed by atoms with Gasteiger partial charge in [-0.05, 0) is 25.3 Å². The largest absolute Gasteiger partial charge is 0.376 e. The van der Waals surface area contributed by atoms with Crippen molar-refractivity contribution in [2.75, 3.05) is 13.2 Å². The number of hydrogen-bond donors (Lipinski definition) is 1. The first-order chi connectivity index (χ1) is 6.97. The topological polar surface area (TPSA) is 21.3 Å². The zero-order valence-electron chi connectivity index (χ0n) is 11.0. The minimum absolute atomic E-state index is 0.135. The van der Waals surface area contributed by atoms with Crippen molar-refractivity contribution in [3.05, 3.63) is 12.7 Å². The van der Waals surface area contributed by atoms with Crippen LogP contribution in [-0.2, 0) is 4.74 Å². The fraction of sp³-hybridized carbons (Fsp3) is 0.846. The Balaban J connectivity index is 4.47. The molecule has 0 bridgehead atoms. The molecule has 0 aliphatic heterocycles. The summed E-state index contributed by atoms with van der Waals surface area (Å²) in [6, 6.07) is 0.241. The van der Waals surface area contributed by atoms with Crippen molar-refractivity contribution < 1.29 is 4.74 Å². The molecule has 0 saturated heterocycles. The zero-order valence-corrected chi connectivity index (χ0v) is 11.0. The maximum atomic E-state index is 5.82. The second kappa shape index (κ2) is 7.02. The van der Waals surface area contributed by atoms with Gasteiger partial charge in [-0.25, -0.2) is 0 Å². The number of ether oxygens (including phenoxy) is 1. The van der Waals surface area contributed by atoms with Gasteiger partial charge in [-0.15, -0.1) is 6.58 Å². The van der Waals surface area contributed by atoms with Crippen molar-refractivity contribution in [1.82, 2.24) is 5.32 Å². The van der Waals surface area contributed by atoms with Gasteiger partial charge >= 0.3 is 0 Å². The van der Waals surface area contributed by atoms with E-state index in [0.717, 1.165) is 19.6 Å². The third-order valence-electron chi connectivity index (χ3n) is 2.41. The van der Waals surface area contributed by atoms with Gasteiger partial charge in [-0.2, -0.15) is 0 Å². The number of rotatable bonds is 7. The lowest BCUT2D eigenvalue weighted by Gasteiger charge is -2.35. The molecule has 2 unspecified atom stereocenters. The molecule has 2 heteroatoms. The van der Waals surface area contributed by atoms with E-state index in [1.54, 1.807) is 0 Å². The Kier molecular flexibility index (Phi) is 6.86. The lowest BCUT2D eigenvalue weighted by molar-refractivity contribution is -0.0255. The summed E-state index contributed by atoms with van der Waals surface area (Å²) >= 11 is 0. The second-order valence-electron chi connectivity index (χ2n) is 4.96. The Labute approximate surface area is 95.1 Å². The van der Waals surface area contributed by atoms with Crippen LogP contribution in [0.2, 0.25) is 0 Å². The first-order valence-electron chi connectivity index (χ1n) is 5.94. The van der Waals surface area contributed by atoms with Crippen molar-refractivity contribution in [1.29, 1.82) is 0 Å². The Morgan fingerprint density at radius 1 is 1.33 bits per heavy atom. The molecule has 0 aliphatic carbocycles. The van der Waals surface area contributed by atoms with Crippen LogP contribution in [0.5, 0.6) is 0 Å². The maximum absolute atomic E-state index is 5.82. The Morgan fingerprint density at radius 2 is 1.93 bits per heavy atom. The summed E-state index contributed by atoms with van der Waals surface area (Å²) in [6.07, 6.45) is 3.28. The van der Waals surface area contributed by atoms with Crippen LogP contribution in [0.4, 0.5) is 0 Å². The van der Waals surface area contributed by atoms with Gasteiger partial charge in [0.2, 0.25) is 0 Å². The first-order valence-corrected chi connectivity index (χ1v) is 5.94. The summed E-state index contributed by atoms with van der Waals surface area (Å²) in [7, 11) is 0. The Morgan fingerprint density at radius 3 is 2.27 bits per heavy atom. The molecule has 0 radical (unpaired) electrons. The molecule has 0 aliphatic rings. The smallest absolute Gasteiger partial charge is 0.0811 e. The summed E-state index contributed by atoms with van der Waals surface area (Å²) in [5.41, 5.74) is 0.135. The van der Waals surface area contributed by atoms with E-state index in [1.807, 2.05) is 13.0 Å². The van der Waals surface area contributed by atoms with Gasteiger partial charge in [0, 0.05) is 6.61 Å². The van der Waals surface area contributed by atoms with Gasteiger partial charge in [-0.3, -0.25) is 0 Å². The van der Waals surface area contributed by atoms with Gasteiger partial charge in [0.25, 0.3) is 0 Å². The average molecular weight is 213 g/mol. The fourth-order valence-corrected chi connectivity index (χ4v) is 1.70. The number of hydrogen-bond acceptors (Lipinski definition) is 2. The summed E-state index contributed by atoms with van der Waals surface area (Å²) in [6.45, 7) is 16.5. The predicted octanol–water partition coefficient (Wildman–Crippen LogP) is 2.99. The molecule has 2 atom stereocenters. The predicted molar refractivity (Wildman–Crippen MR) is 67.1 cm³/mol. The molecule has 2 nitrogen and oxygen atoms in total. The van der Waals surface area contributed by atoms with E-state index in [4.69, 9.17) is 4.74 Å². The molecule has 0 fully saturated rings. The molecular weight excluding hydrogens is 186 g/mol. The Hall–Kier alpha value is -0.340. The normalized spacial score (nSPS) is 16.1. The molecule has 15 heavy (non-hydrogen) atoms. The van der Waals surface area contributed by atoms with Crippen LogP contribution in [0.25, 0.3) is 0 Å². The molecule has 1 N–H and O–H groups in total. The van der Waals surface area contributed by atoms with Crippen molar-refractivity contribution in [3.8, 4) is 0 Å². The van der Waals surface area contributed by atoms with Gasteiger partial charge in [0.15, 0.2) is 0 Å². The van der Waals surface area contributed by atoms with Crippen molar-refractivity contribution in [2.24, 2.45) is 5.41 Å². The van der Waals surface area contributed by atoms with Gasteiger partial charge in [0.05, 0.1) is 12.1 Å². The van der Waals surface area contributed by atoms with Crippen molar-refractivity contribution in [2.45, 2.75) is 53.2 Å². The van der Waals surface area contributed by atoms with E-state index in [-0.39, 0.29) is 17.6 Å². The molecule has 0 aromatic carbocycles. The summed E-state index contributed by atoms with van der Waals surface area (Å²) < 4.78 is 5.82. The van der Waals surface area contributed by atoms with Crippen molar-refractivity contribution >= 4 is 0 Å². The van der Waals surface area contributed by atoms with E-state index in [0.29, 0.717) is 0 Å². The van der Waals surface area contributed by atoms with Crippen LogP contribution in [-0.4, -0.2) is 25.3 Å². The molecule has 0 aromatic heterocycles. The SMILES string of the molecule is C=CC(NCCC)C(OCC)C(C)(C)C. The van der Waals surface area contributed by atoms with Crippen LogP contribution >= 0.6 is 0 Å². The summed E-state index contributed by atoms with van der Waals surface area (Å²) in [5.74, 6) is 0. The van der Waals surface area contributed by atoms with Crippen LogP contribution < -0.4 is 5.32 Å². The third kappa shape index (κ3) is 5.33. The lowest BCUT2D eigenvalue weighted by atomic mass is 9.84. The van der Waals surface area contributed by atoms with E-state index in [1.165, 1.54) is 0 Å². The molecule has 0 rings (SSSR count). The lowest BCUT2D eigenvalue weighted by Crippen LogP contribution is -2.47. The summed E-state index contributed by atoms with van der Waals surface area (Å²) in [5, 5.41) is 3.47. The van der Waals surface area contributed by atoms with Crippen LogP contribution in [0, 0.1) is 5.41 Å². The molecule has 0 heterocycles. The van der Waals surface area contributed by atoms with Gasteiger partial charge in [-0.1, -0.05) is 33.8 Å². The van der Waals surface area contributed by atoms with E-state index in [9.17, 15) is 0 Å². The average Bonchev–Trinajstić information content (AvgIpc) is 2.15. The summed E-state index contributed by atoms with van der Waals surface area (Å²) in [4.78, 5) is 0. The molecule has 0 saturated carbocycles. The second-order valence-corrected chi connectivity index (χ2v) is 4.96. The molecule has 0 aromatic rings. The van der Waals surface area contributed by atoms with Gasteiger partial charge < -0.3 is 10.1 Å².